The maximum atomic E-state index is 13.1. The van der Waals surface area contributed by atoms with Gasteiger partial charge in [-0.25, -0.2) is 4.39 Å². The van der Waals surface area contributed by atoms with E-state index in [1.165, 1.54) is 37.5 Å². The first-order valence-electron chi connectivity index (χ1n) is 8.59. The highest BCUT2D eigenvalue weighted by molar-refractivity contribution is 9.10. The van der Waals surface area contributed by atoms with E-state index in [1.807, 2.05) is 14.1 Å². The molecular weight excluding hydrogens is 389 g/mol. The average molecular weight is 414 g/mol. The number of anilines is 1. The highest BCUT2D eigenvalue weighted by Gasteiger charge is 2.26. The van der Waals surface area contributed by atoms with Crippen molar-refractivity contribution in [2.45, 2.75) is 38.1 Å². The van der Waals surface area contributed by atoms with E-state index in [1.54, 1.807) is 0 Å². The minimum Gasteiger partial charge on any atom is -0.346 e. The van der Waals surface area contributed by atoms with Gasteiger partial charge >= 0.3 is 11.8 Å². The molecule has 1 atom stereocenters. The first-order valence-corrected chi connectivity index (χ1v) is 9.38. The largest absolute Gasteiger partial charge is 0.346 e. The van der Waals surface area contributed by atoms with Gasteiger partial charge in [0.2, 0.25) is 0 Å². The van der Waals surface area contributed by atoms with Gasteiger partial charge in [-0.05, 0) is 67.0 Å². The number of amides is 2. The summed E-state index contributed by atoms with van der Waals surface area (Å²) in [6.45, 7) is 0.439. The topological polar surface area (TPSA) is 61.4 Å². The van der Waals surface area contributed by atoms with Crippen LogP contribution in [0, 0.1) is 11.7 Å². The molecule has 1 aliphatic rings. The van der Waals surface area contributed by atoms with Gasteiger partial charge in [-0.15, -0.1) is 0 Å². The zero-order valence-corrected chi connectivity index (χ0v) is 16.2. The number of halogens is 2. The van der Waals surface area contributed by atoms with Crippen LogP contribution in [0.4, 0.5) is 10.1 Å². The molecule has 0 aliphatic heterocycles. The maximum Gasteiger partial charge on any atom is 0.313 e. The third kappa shape index (κ3) is 5.78. The molecule has 1 saturated carbocycles. The second kappa shape index (κ2) is 9.29. The van der Waals surface area contributed by atoms with Gasteiger partial charge in [0, 0.05) is 17.1 Å². The molecule has 2 amide bonds. The van der Waals surface area contributed by atoms with Crippen LogP contribution in [0.1, 0.15) is 32.1 Å². The van der Waals surface area contributed by atoms with Crippen molar-refractivity contribution >= 4 is 33.4 Å². The molecule has 0 heterocycles. The van der Waals surface area contributed by atoms with Gasteiger partial charge in [0.25, 0.3) is 0 Å². The molecule has 25 heavy (non-hydrogen) atoms. The van der Waals surface area contributed by atoms with Crippen molar-refractivity contribution < 1.29 is 14.0 Å². The Labute approximate surface area is 156 Å². The molecule has 5 nitrogen and oxygen atoms in total. The molecule has 0 aromatic heterocycles. The Hall–Kier alpha value is -1.47. The zero-order valence-electron chi connectivity index (χ0n) is 14.6. The molecule has 2 rings (SSSR count). The average Bonchev–Trinajstić information content (AvgIpc) is 2.58. The number of carbonyl (C=O) groups is 2. The first kappa shape index (κ1) is 19.8. The number of hydrogen-bond donors (Lipinski definition) is 2. The highest BCUT2D eigenvalue weighted by Crippen LogP contribution is 2.28. The van der Waals surface area contributed by atoms with Crippen LogP contribution in [-0.4, -0.2) is 43.4 Å². The molecule has 1 fully saturated rings. The van der Waals surface area contributed by atoms with E-state index in [0.717, 1.165) is 12.8 Å². The van der Waals surface area contributed by atoms with Gasteiger partial charge < -0.3 is 15.5 Å². The quantitative estimate of drug-likeness (QED) is 0.728. The molecule has 0 radical (unpaired) electrons. The summed E-state index contributed by atoms with van der Waals surface area (Å²) >= 11 is 3.16. The van der Waals surface area contributed by atoms with E-state index in [4.69, 9.17) is 0 Å². The van der Waals surface area contributed by atoms with Crippen LogP contribution in [0.25, 0.3) is 0 Å². The molecule has 0 saturated heterocycles. The first-order chi connectivity index (χ1) is 11.9. The predicted molar refractivity (Wildman–Crippen MR) is 99.8 cm³/mol. The second-order valence-electron chi connectivity index (χ2n) is 6.72. The fourth-order valence-electron chi connectivity index (χ4n) is 3.34. The lowest BCUT2D eigenvalue weighted by Gasteiger charge is -2.34. The summed E-state index contributed by atoms with van der Waals surface area (Å²) in [7, 11) is 4.00. The third-order valence-electron chi connectivity index (χ3n) is 4.71. The summed E-state index contributed by atoms with van der Waals surface area (Å²) in [6.07, 6.45) is 6.04. The molecule has 2 N–H and O–H groups in total. The molecule has 0 spiro atoms. The van der Waals surface area contributed by atoms with Crippen molar-refractivity contribution in [1.29, 1.82) is 0 Å². The normalized spacial score (nSPS) is 16.5. The molecule has 1 aliphatic carbocycles. The maximum absolute atomic E-state index is 13.1. The van der Waals surface area contributed by atoms with Gasteiger partial charge in [0.05, 0.1) is 5.69 Å². The molecule has 1 aromatic rings. The smallest absolute Gasteiger partial charge is 0.313 e. The summed E-state index contributed by atoms with van der Waals surface area (Å²) in [5.41, 5.74) is 0.359. The fraction of sp³-hybridized carbons (Fsp3) is 0.556. The van der Waals surface area contributed by atoms with Crippen LogP contribution in [0.5, 0.6) is 0 Å². The van der Waals surface area contributed by atoms with Crippen molar-refractivity contribution in [1.82, 2.24) is 10.2 Å². The number of carbonyl (C=O) groups excluding carboxylic acids is 2. The zero-order chi connectivity index (χ0) is 18.4. The minimum atomic E-state index is -0.756. The van der Waals surface area contributed by atoms with Crippen molar-refractivity contribution in [3.05, 3.63) is 28.5 Å². The monoisotopic (exact) mass is 413 g/mol. The van der Waals surface area contributed by atoms with Gasteiger partial charge in [-0.2, -0.15) is 0 Å². The van der Waals surface area contributed by atoms with Crippen LogP contribution in [0.2, 0.25) is 0 Å². The summed E-state index contributed by atoms with van der Waals surface area (Å²) in [5, 5.41) is 5.22. The van der Waals surface area contributed by atoms with E-state index >= 15 is 0 Å². The standard InChI is InChI=1S/C18H25BrFN3O2/c1-23(2)16(12-6-4-3-5-7-12)11-21-17(24)18(25)22-15-9-8-13(20)10-14(15)19/h8-10,12,16H,3-7,11H2,1-2H3,(H,21,24)(H,22,25). The number of hydrogen-bond acceptors (Lipinski definition) is 3. The van der Waals surface area contributed by atoms with Gasteiger partial charge in [-0.1, -0.05) is 19.3 Å². The fourth-order valence-corrected chi connectivity index (χ4v) is 3.79. The van der Waals surface area contributed by atoms with E-state index < -0.39 is 17.6 Å². The minimum absolute atomic E-state index is 0.217. The number of nitrogens with one attached hydrogen (secondary N) is 2. The molecule has 0 bridgehead atoms. The summed E-state index contributed by atoms with van der Waals surface area (Å²) in [5.74, 6) is -1.32. The number of rotatable bonds is 5. The van der Waals surface area contributed by atoms with Crippen molar-refractivity contribution in [3.63, 3.8) is 0 Å². The third-order valence-corrected chi connectivity index (χ3v) is 5.37. The van der Waals surface area contributed by atoms with Crippen LogP contribution < -0.4 is 10.6 Å². The lowest BCUT2D eigenvalue weighted by atomic mass is 9.83. The van der Waals surface area contributed by atoms with Crippen molar-refractivity contribution in [2.24, 2.45) is 5.92 Å². The number of benzene rings is 1. The van der Waals surface area contributed by atoms with Gasteiger partial charge in [0.15, 0.2) is 0 Å². The van der Waals surface area contributed by atoms with Crippen LogP contribution in [-0.2, 0) is 9.59 Å². The van der Waals surface area contributed by atoms with Gasteiger partial charge in [0.1, 0.15) is 5.82 Å². The van der Waals surface area contributed by atoms with Crippen molar-refractivity contribution in [3.8, 4) is 0 Å². The van der Waals surface area contributed by atoms with E-state index in [-0.39, 0.29) is 6.04 Å². The molecule has 1 aromatic carbocycles. The Morgan fingerprint density at radius 1 is 1.24 bits per heavy atom. The molecule has 1 unspecified atom stereocenters. The lowest BCUT2D eigenvalue weighted by molar-refractivity contribution is -0.136. The van der Waals surface area contributed by atoms with Crippen molar-refractivity contribution in [2.75, 3.05) is 26.0 Å². The Balaban J connectivity index is 1.89. The Kier molecular flexibility index (Phi) is 7.38. The molecular formula is C18H25BrFN3O2. The number of likely N-dealkylation sites (N-methyl/N-ethyl adjacent to an activating group) is 1. The Morgan fingerprint density at radius 3 is 2.52 bits per heavy atom. The number of nitrogens with zero attached hydrogens (tertiary/aromatic N) is 1. The summed E-state index contributed by atoms with van der Waals surface area (Å²) < 4.78 is 13.5. The van der Waals surface area contributed by atoms with E-state index in [2.05, 4.69) is 31.5 Å². The molecule has 7 heteroatoms. The van der Waals surface area contributed by atoms with E-state index in [9.17, 15) is 14.0 Å². The van der Waals surface area contributed by atoms with Crippen LogP contribution in [0.3, 0.4) is 0 Å². The molecule has 138 valence electrons. The summed E-state index contributed by atoms with van der Waals surface area (Å²) in [6, 6.07) is 4.09. The highest BCUT2D eigenvalue weighted by atomic mass is 79.9. The Bertz CT molecular complexity index is 618. The SMILES string of the molecule is CN(C)C(CNC(=O)C(=O)Nc1ccc(F)cc1Br)C1CCCCC1. The lowest BCUT2D eigenvalue weighted by Crippen LogP contribution is -2.47. The second-order valence-corrected chi connectivity index (χ2v) is 7.57. The van der Waals surface area contributed by atoms with Gasteiger partial charge in [-0.3, -0.25) is 9.59 Å². The summed E-state index contributed by atoms with van der Waals surface area (Å²) in [4.78, 5) is 26.3. The van der Waals surface area contributed by atoms with E-state index in [0.29, 0.717) is 22.6 Å². The predicted octanol–water partition coefficient (Wildman–Crippen LogP) is 3.15. The Morgan fingerprint density at radius 2 is 1.92 bits per heavy atom. The van der Waals surface area contributed by atoms with Crippen LogP contribution >= 0.6 is 15.9 Å². The van der Waals surface area contributed by atoms with Crippen LogP contribution in [0.15, 0.2) is 22.7 Å².